The number of pyridine rings is 1. The first-order valence-corrected chi connectivity index (χ1v) is 9.05. The van der Waals surface area contributed by atoms with Crippen LogP contribution in [0, 0.1) is 0 Å². The Bertz CT molecular complexity index is 1000. The summed E-state index contributed by atoms with van der Waals surface area (Å²) in [6.45, 7) is 0.658. The van der Waals surface area contributed by atoms with Gasteiger partial charge in [0.2, 0.25) is 0 Å². The molecule has 3 aromatic heterocycles. The Morgan fingerprint density at radius 3 is 2.81 bits per heavy atom. The maximum Gasteiger partial charge on any atom is 0.270 e. The third kappa shape index (κ3) is 2.81. The van der Waals surface area contributed by atoms with E-state index in [4.69, 9.17) is 0 Å². The summed E-state index contributed by atoms with van der Waals surface area (Å²) in [5, 5.41) is 0. The molecule has 1 amide bonds. The Morgan fingerprint density at radius 1 is 1.12 bits per heavy atom. The molecule has 0 saturated carbocycles. The molecule has 6 heteroatoms. The van der Waals surface area contributed by atoms with Crippen molar-refractivity contribution in [2.24, 2.45) is 7.05 Å². The topological polar surface area (TPSA) is 59.6 Å². The van der Waals surface area contributed by atoms with Crippen LogP contribution in [0.15, 0.2) is 53.7 Å². The molecule has 1 aliphatic heterocycles. The van der Waals surface area contributed by atoms with Crippen LogP contribution < -0.4 is 5.56 Å². The van der Waals surface area contributed by atoms with Gasteiger partial charge in [-0.05, 0) is 37.1 Å². The lowest BCUT2D eigenvalue weighted by Crippen LogP contribution is -2.39. The molecular formula is C20H22N4O2. The lowest BCUT2D eigenvalue weighted by molar-refractivity contribution is 0.0672. The lowest BCUT2D eigenvalue weighted by Gasteiger charge is -2.30. The van der Waals surface area contributed by atoms with E-state index in [2.05, 4.69) is 15.6 Å². The minimum Gasteiger partial charge on any atom is -0.353 e. The van der Waals surface area contributed by atoms with E-state index in [0.717, 1.165) is 31.4 Å². The minimum absolute atomic E-state index is 0.0131. The van der Waals surface area contributed by atoms with E-state index in [1.807, 2.05) is 30.3 Å². The Kier molecular flexibility index (Phi) is 4.32. The molecule has 134 valence electrons. The van der Waals surface area contributed by atoms with Crippen molar-refractivity contribution in [3.05, 3.63) is 70.5 Å². The van der Waals surface area contributed by atoms with Crippen molar-refractivity contribution >= 4 is 11.6 Å². The molecular weight excluding hydrogens is 328 g/mol. The van der Waals surface area contributed by atoms with Crippen LogP contribution in [0.5, 0.6) is 0 Å². The Morgan fingerprint density at radius 2 is 2.00 bits per heavy atom. The van der Waals surface area contributed by atoms with Gasteiger partial charge in [-0.25, -0.2) is 4.98 Å². The minimum atomic E-state index is -0.310. The normalized spacial score (nSPS) is 18.0. The van der Waals surface area contributed by atoms with Gasteiger partial charge in [-0.2, -0.15) is 0 Å². The SMILES string of the molecule is Cn1cccc1C1CCCCCN1C(=O)c1cnc2ccccn2c1=O. The van der Waals surface area contributed by atoms with Crippen molar-refractivity contribution in [2.45, 2.75) is 31.7 Å². The average molecular weight is 350 g/mol. The average Bonchev–Trinajstić information content (AvgIpc) is 2.93. The van der Waals surface area contributed by atoms with Crippen LogP contribution >= 0.6 is 0 Å². The van der Waals surface area contributed by atoms with Crippen LogP contribution in [-0.4, -0.2) is 31.3 Å². The highest BCUT2D eigenvalue weighted by Crippen LogP contribution is 2.31. The van der Waals surface area contributed by atoms with Gasteiger partial charge in [-0.1, -0.05) is 18.9 Å². The summed E-state index contributed by atoms with van der Waals surface area (Å²) in [4.78, 5) is 32.3. The highest BCUT2D eigenvalue weighted by atomic mass is 16.2. The number of rotatable bonds is 2. The molecule has 0 N–H and O–H groups in total. The van der Waals surface area contributed by atoms with Crippen molar-refractivity contribution in [2.75, 3.05) is 6.54 Å². The van der Waals surface area contributed by atoms with E-state index in [9.17, 15) is 9.59 Å². The number of carbonyl (C=O) groups excluding carboxylic acids is 1. The summed E-state index contributed by atoms with van der Waals surface area (Å²) >= 11 is 0. The smallest absolute Gasteiger partial charge is 0.270 e. The molecule has 6 nitrogen and oxygen atoms in total. The lowest BCUT2D eigenvalue weighted by atomic mass is 10.1. The fourth-order valence-corrected chi connectivity index (χ4v) is 3.81. The molecule has 3 aromatic rings. The van der Waals surface area contributed by atoms with Crippen LogP contribution in [-0.2, 0) is 7.05 Å². The van der Waals surface area contributed by atoms with Crippen LogP contribution in [0.3, 0.4) is 0 Å². The van der Waals surface area contributed by atoms with E-state index in [-0.39, 0.29) is 23.1 Å². The molecule has 1 atom stereocenters. The van der Waals surface area contributed by atoms with Crippen LogP contribution in [0.4, 0.5) is 0 Å². The zero-order chi connectivity index (χ0) is 18.1. The predicted octanol–water partition coefficient (Wildman–Crippen LogP) is 2.79. The van der Waals surface area contributed by atoms with E-state index >= 15 is 0 Å². The van der Waals surface area contributed by atoms with Gasteiger partial charge < -0.3 is 9.47 Å². The number of nitrogens with zero attached hydrogens (tertiary/aromatic N) is 4. The van der Waals surface area contributed by atoms with Gasteiger partial charge in [0.1, 0.15) is 11.2 Å². The number of hydrogen-bond donors (Lipinski definition) is 0. The zero-order valence-corrected chi connectivity index (χ0v) is 14.8. The van der Waals surface area contributed by atoms with Crippen LogP contribution in [0.25, 0.3) is 5.65 Å². The van der Waals surface area contributed by atoms with Crippen molar-refractivity contribution in [3.63, 3.8) is 0 Å². The molecule has 4 rings (SSSR count). The van der Waals surface area contributed by atoms with Gasteiger partial charge >= 0.3 is 0 Å². The molecule has 0 aliphatic carbocycles. The van der Waals surface area contributed by atoms with Crippen molar-refractivity contribution in [3.8, 4) is 0 Å². The first-order valence-electron chi connectivity index (χ1n) is 9.05. The van der Waals surface area contributed by atoms with Gasteiger partial charge in [0.25, 0.3) is 11.5 Å². The van der Waals surface area contributed by atoms with Crippen LogP contribution in [0.1, 0.15) is 47.8 Å². The molecule has 0 radical (unpaired) electrons. The Balaban J connectivity index is 1.77. The molecule has 1 aliphatic rings. The van der Waals surface area contributed by atoms with Crippen molar-refractivity contribution in [1.29, 1.82) is 0 Å². The second kappa shape index (κ2) is 6.78. The van der Waals surface area contributed by atoms with E-state index < -0.39 is 0 Å². The van der Waals surface area contributed by atoms with E-state index in [1.54, 1.807) is 18.3 Å². The number of amides is 1. The Hall–Kier alpha value is -2.89. The van der Waals surface area contributed by atoms with Gasteiger partial charge in [0.05, 0.1) is 6.04 Å². The molecule has 0 aromatic carbocycles. The highest BCUT2D eigenvalue weighted by Gasteiger charge is 2.30. The maximum atomic E-state index is 13.3. The fourth-order valence-electron chi connectivity index (χ4n) is 3.81. The summed E-state index contributed by atoms with van der Waals surface area (Å²) in [6, 6.07) is 9.39. The highest BCUT2D eigenvalue weighted by molar-refractivity contribution is 5.94. The second-order valence-corrected chi connectivity index (χ2v) is 6.81. The Labute approximate surface area is 151 Å². The molecule has 1 unspecified atom stereocenters. The first-order chi connectivity index (χ1) is 12.7. The number of hydrogen-bond acceptors (Lipinski definition) is 3. The van der Waals surface area contributed by atoms with Gasteiger partial charge in [-0.3, -0.25) is 14.0 Å². The fraction of sp³-hybridized carbons (Fsp3) is 0.350. The van der Waals surface area contributed by atoms with Gasteiger partial charge in [-0.15, -0.1) is 0 Å². The number of aromatic nitrogens is 3. The number of likely N-dealkylation sites (tertiary alicyclic amines) is 1. The number of carbonyl (C=O) groups is 1. The molecule has 1 saturated heterocycles. The summed E-state index contributed by atoms with van der Waals surface area (Å²) < 4.78 is 3.49. The predicted molar refractivity (Wildman–Crippen MR) is 99.1 cm³/mol. The van der Waals surface area contributed by atoms with E-state index in [0.29, 0.717) is 12.2 Å². The zero-order valence-electron chi connectivity index (χ0n) is 14.8. The summed E-state index contributed by atoms with van der Waals surface area (Å²) in [5.41, 5.74) is 1.48. The van der Waals surface area contributed by atoms with Crippen molar-refractivity contribution < 1.29 is 4.79 Å². The van der Waals surface area contributed by atoms with Crippen LogP contribution in [0.2, 0.25) is 0 Å². The quantitative estimate of drug-likeness (QED) is 0.714. The van der Waals surface area contributed by atoms with Gasteiger partial charge in [0.15, 0.2) is 0 Å². The molecule has 1 fully saturated rings. The largest absolute Gasteiger partial charge is 0.353 e. The second-order valence-electron chi connectivity index (χ2n) is 6.81. The third-order valence-electron chi connectivity index (χ3n) is 5.18. The summed E-state index contributed by atoms with van der Waals surface area (Å²) in [5.74, 6) is -0.228. The summed E-state index contributed by atoms with van der Waals surface area (Å²) in [7, 11) is 2.00. The molecule has 0 bridgehead atoms. The molecule has 26 heavy (non-hydrogen) atoms. The van der Waals surface area contributed by atoms with E-state index in [1.165, 1.54) is 10.6 Å². The number of fused-ring (bicyclic) bond motifs is 1. The van der Waals surface area contributed by atoms with Crippen molar-refractivity contribution in [1.82, 2.24) is 18.9 Å². The summed E-state index contributed by atoms with van der Waals surface area (Å²) in [6.07, 6.45) is 9.11. The third-order valence-corrected chi connectivity index (χ3v) is 5.18. The maximum absolute atomic E-state index is 13.3. The molecule has 4 heterocycles. The molecule has 0 spiro atoms. The first kappa shape index (κ1) is 16.6. The standard InChI is InChI=1S/C20H22N4O2/c1-22-11-7-9-16(22)17-8-3-2-5-12-23(17)19(25)15-14-21-18-10-4-6-13-24(18)20(15)26/h4,6-7,9-11,13-14,17H,2-3,5,8,12H2,1H3. The monoisotopic (exact) mass is 350 g/mol. The number of aryl methyl sites for hydroxylation is 1. The van der Waals surface area contributed by atoms with Gasteiger partial charge in [0, 0.05) is 37.9 Å².